The Morgan fingerprint density at radius 2 is 2.11 bits per heavy atom. The summed E-state index contributed by atoms with van der Waals surface area (Å²) >= 11 is 4.16. The Bertz CT molecular complexity index is 363. The summed E-state index contributed by atoms with van der Waals surface area (Å²) in [7, 11) is 0. The predicted molar refractivity (Wildman–Crippen MR) is 73.1 cm³/mol. The lowest BCUT2D eigenvalue weighted by atomic mass is 9.85. The van der Waals surface area contributed by atoms with E-state index in [0.717, 1.165) is 25.7 Å². The van der Waals surface area contributed by atoms with Gasteiger partial charge in [-0.3, -0.25) is 4.79 Å². The van der Waals surface area contributed by atoms with Crippen molar-refractivity contribution in [2.75, 3.05) is 5.75 Å². The van der Waals surface area contributed by atoms with Gasteiger partial charge in [-0.25, -0.2) is 4.79 Å². The third-order valence-electron chi connectivity index (χ3n) is 4.23. The van der Waals surface area contributed by atoms with Crippen molar-refractivity contribution in [3.63, 3.8) is 0 Å². The molecule has 2 rings (SSSR count). The number of ether oxygens (including phenoxy) is 1. The average molecular weight is 287 g/mol. The molecule has 0 aromatic rings. The van der Waals surface area contributed by atoms with Crippen LogP contribution in [0.25, 0.3) is 0 Å². The second-order valence-corrected chi connectivity index (χ2v) is 5.88. The quantitative estimate of drug-likeness (QED) is 0.618. The molecular weight excluding hydrogens is 266 g/mol. The Morgan fingerprint density at radius 3 is 2.74 bits per heavy atom. The summed E-state index contributed by atoms with van der Waals surface area (Å²) in [5.74, 6) is 0.612. The molecule has 0 aromatic carbocycles. The van der Waals surface area contributed by atoms with Gasteiger partial charge in [-0.15, -0.1) is 0 Å². The van der Waals surface area contributed by atoms with Crippen LogP contribution in [-0.4, -0.2) is 40.1 Å². The molecule has 4 atom stereocenters. The Kier molecular flexibility index (Phi) is 4.60. The van der Waals surface area contributed by atoms with E-state index in [4.69, 9.17) is 9.84 Å². The highest BCUT2D eigenvalue weighted by Crippen LogP contribution is 2.40. The normalized spacial score (nSPS) is 31.7. The van der Waals surface area contributed by atoms with Crippen LogP contribution in [0, 0.1) is 11.8 Å². The highest BCUT2D eigenvalue weighted by molar-refractivity contribution is 7.80. The second-order valence-electron chi connectivity index (χ2n) is 5.52. The first-order chi connectivity index (χ1) is 9.04. The third-order valence-corrected chi connectivity index (χ3v) is 4.78. The van der Waals surface area contributed by atoms with Crippen LogP contribution in [0.1, 0.15) is 39.0 Å². The first kappa shape index (κ1) is 14.5. The molecular formula is C13H21NO4S. The van der Waals surface area contributed by atoms with E-state index >= 15 is 0 Å². The van der Waals surface area contributed by atoms with Crippen LogP contribution in [0.4, 0.5) is 4.79 Å². The maximum absolute atomic E-state index is 12.4. The molecule has 1 heterocycles. The zero-order chi connectivity index (χ0) is 14.0. The van der Waals surface area contributed by atoms with Crippen molar-refractivity contribution in [3.05, 3.63) is 0 Å². The number of hydrogen-bond acceptors (Lipinski definition) is 4. The molecule has 2 aliphatic rings. The molecule has 0 bridgehead atoms. The molecule has 4 unspecified atom stereocenters. The van der Waals surface area contributed by atoms with Gasteiger partial charge in [0.2, 0.25) is 5.91 Å². The van der Waals surface area contributed by atoms with Gasteiger partial charge in [-0.1, -0.05) is 19.8 Å². The molecule has 1 amide bonds. The van der Waals surface area contributed by atoms with Gasteiger partial charge in [0.25, 0.3) is 0 Å². The lowest BCUT2D eigenvalue weighted by molar-refractivity contribution is -0.145. The molecule has 1 aliphatic carbocycles. The predicted octanol–water partition coefficient (Wildman–Crippen LogP) is 2.36. The molecule has 19 heavy (non-hydrogen) atoms. The third kappa shape index (κ3) is 2.99. The standard InChI is InChI=1S/C13H21NO4S/c1-8(7-19)12(15)14-10-5-3-2-4-9(10)6-11(14)18-13(16)17/h8-11,19H,2-7H2,1H3,(H,16,17). The van der Waals surface area contributed by atoms with E-state index in [9.17, 15) is 9.59 Å². The average Bonchev–Trinajstić information content (AvgIpc) is 2.73. The number of amides is 1. The molecule has 2 fully saturated rings. The minimum atomic E-state index is -1.31. The minimum Gasteiger partial charge on any atom is -0.450 e. The first-order valence-corrected chi connectivity index (χ1v) is 7.50. The van der Waals surface area contributed by atoms with E-state index in [-0.39, 0.29) is 17.9 Å². The number of carbonyl (C=O) groups is 2. The number of carboxylic acid groups (broad SMARTS) is 1. The summed E-state index contributed by atoms with van der Waals surface area (Å²) in [6.07, 6.45) is 2.99. The topological polar surface area (TPSA) is 66.8 Å². The molecule has 0 aromatic heterocycles. The van der Waals surface area contributed by atoms with Crippen molar-refractivity contribution < 1.29 is 19.4 Å². The second kappa shape index (κ2) is 6.03. The maximum atomic E-state index is 12.4. The van der Waals surface area contributed by atoms with Crippen LogP contribution < -0.4 is 0 Å². The lowest BCUT2D eigenvalue weighted by Gasteiger charge is -2.34. The SMILES string of the molecule is CC(CS)C(=O)N1C(OC(=O)O)CC2CCCCC21. The monoisotopic (exact) mass is 287 g/mol. The number of thiol groups is 1. The number of carbonyl (C=O) groups excluding carboxylic acids is 1. The molecule has 1 aliphatic heterocycles. The van der Waals surface area contributed by atoms with E-state index in [1.54, 1.807) is 4.90 Å². The van der Waals surface area contributed by atoms with Crippen LogP contribution in [0.5, 0.6) is 0 Å². The van der Waals surface area contributed by atoms with E-state index < -0.39 is 12.4 Å². The van der Waals surface area contributed by atoms with E-state index in [2.05, 4.69) is 12.6 Å². The van der Waals surface area contributed by atoms with Gasteiger partial charge in [0.05, 0.1) is 0 Å². The molecule has 6 heteroatoms. The number of fused-ring (bicyclic) bond motifs is 1. The van der Waals surface area contributed by atoms with Gasteiger partial charge in [-0.2, -0.15) is 12.6 Å². The van der Waals surface area contributed by atoms with Crippen LogP contribution in [0.3, 0.4) is 0 Å². The lowest BCUT2D eigenvalue weighted by Crippen LogP contribution is -2.47. The van der Waals surface area contributed by atoms with E-state index in [1.807, 2.05) is 6.92 Å². The van der Waals surface area contributed by atoms with Gasteiger partial charge in [0.1, 0.15) is 0 Å². The molecule has 108 valence electrons. The molecule has 1 saturated heterocycles. The van der Waals surface area contributed by atoms with Crippen molar-refractivity contribution in [1.82, 2.24) is 4.90 Å². The molecule has 1 saturated carbocycles. The fourth-order valence-corrected chi connectivity index (χ4v) is 3.43. The minimum absolute atomic E-state index is 0.0318. The van der Waals surface area contributed by atoms with Gasteiger partial charge >= 0.3 is 6.16 Å². The fourth-order valence-electron chi connectivity index (χ4n) is 3.27. The summed E-state index contributed by atoms with van der Waals surface area (Å²) in [4.78, 5) is 24.9. The Balaban J connectivity index is 2.17. The summed E-state index contributed by atoms with van der Waals surface area (Å²) in [5.41, 5.74) is 0. The van der Waals surface area contributed by atoms with Crippen LogP contribution in [0.2, 0.25) is 0 Å². The van der Waals surface area contributed by atoms with Crippen LogP contribution >= 0.6 is 12.6 Å². The van der Waals surface area contributed by atoms with Crippen molar-refractivity contribution in [3.8, 4) is 0 Å². The zero-order valence-corrected chi connectivity index (χ0v) is 12.0. The molecule has 0 spiro atoms. The Hall–Kier alpha value is -0.910. The fraction of sp³-hybridized carbons (Fsp3) is 0.846. The van der Waals surface area contributed by atoms with E-state index in [1.165, 1.54) is 0 Å². The van der Waals surface area contributed by atoms with Crippen molar-refractivity contribution in [2.45, 2.75) is 51.3 Å². The zero-order valence-electron chi connectivity index (χ0n) is 11.1. The highest BCUT2D eigenvalue weighted by atomic mass is 32.1. The van der Waals surface area contributed by atoms with Crippen molar-refractivity contribution in [1.29, 1.82) is 0 Å². The number of rotatable bonds is 3. The molecule has 1 N–H and O–H groups in total. The van der Waals surface area contributed by atoms with Gasteiger partial charge in [-0.05, 0) is 18.8 Å². The van der Waals surface area contributed by atoms with E-state index in [0.29, 0.717) is 18.1 Å². The summed E-state index contributed by atoms with van der Waals surface area (Å²) in [6, 6.07) is 0.146. The van der Waals surface area contributed by atoms with Gasteiger partial charge in [0.15, 0.2) is 6.23 Å². The Morgan fingerprint density at radius 1 is 1.42 bits per heavy atom. The van der Waals surface area contributed by atoms with Crippen LogP contribution in [-0.2, 0) is 9.53 Å². The first-order valence-electron chi connectivity index (χ1n) is 6.87. The molecule has 0 radical (unpaired) electrons. The number of hydrogen-bond donors (Lipinski definition) is 2. The van der Waals surface area contributed by atoms with Crippen molar-refractivity contribution >= 4 is 24.7 Å². The van der Waals surface area contributed by atoms with Gasteiger partial charge < -0.3 is 14.7 Å². The number of nitrogens with zero attached hydrogens (tertiary/aromatic N) is 1. The Labute approximate surface area is 118 Å². The highest BCUT2D eigenvalue weighted by Gasteiger charge is 2.47. The maximum Gasteiger partial charge on any atom is 0.507 e. The smallest absolute Gasteiger partial charge is 0.450 e. The van der Waals surface area contributed by atoms with Crippen LogP contribution in [0.15, 0.2) is 0 Å². The number of likely N-dealkylation sites (tertiary alicyclic amines) is 1. The summed E-state index contributed by atoms with van der Waals surface area (Å²) in [6.45, 7) is 1.82. The van der Waals surface area contributed by atoms with Crippen molar-refractivity contribution in [2.24, 2.45) is 11.8 Å². The largest absolute Gasteiger partial charge is 0.507 e. The van der Waals surface area contributed by atoms with Gasteiger partial charge in [0, 0.05) is 24.1 Å². The summed E-state index contributed by atoms with van der Waals surface area (Å²) in [5, 5.41) is 8.83. The summed E-state index contributed by atoms with van der Waals surface area (Å²) < 4.78 is 4.93. The molecule has 5 nitrogen and oxygen atoms in total.